The van der Waals surface area contributed by atoms with Crippen LogP contribution in [0.1, 0.15) is 26.7 Å². The molecule has 0 aliphatic carbocycles. The molecule has 1 amide bonds. The van der Waals surface area contributed by atoms with Crippen molar-refractivity contribution in [3.8, 4) is 0 Å². The van der Waals surface area contributed by atoms with Crippen molar-refractivity contribution in [2.75, 3.05) is 26.2 Å². The number of alkyl halides is 3. The van der Waals surface area contributed by atoms with Crippen molar-refractivity contribution < 1.29 is 42.2 Å². The van der Waals surface area contributed by atoms with Crippen molar-refractivity contribution in [2.45, 2.75) is 32.9 Å². The predicted molar refractivity (Wildman–Crippen MR) is 75.9 cm³/mol. The molecule has 24 heavy (non-hydrogen) atoms. The summed E-state index contributed by atoms with van der Waals surface area (Å²) in [4.78, 5) is 44.2. The number of carbonyl (C=O) groups excluding carboxylic acids is 3. The van der Waals surface area contributed by atoms with Gasteiger partial charge in [0.25, 0.3) is 11.7 Å². The Morgan fingerprint density at radius 2 is 1.58 bits per heavy atom. The normalized spacial score (nSPS) is 10.2. The number of likely N-dealkylation sites (N-methyl/N-ethyl adjacent to an activating group) is 1. The minimum atomic E-state index is -5.08. The molecule has 0 aromatic heterocycles. The molecule has 0 fully saturated rings. The number of nitrogens with two attached hydrogens (primary N) is 1. The van der Waals surface area contributed by atoms with Crippen molar-refractivity contribution in [3.05, 3.63) is 0 Å². The molecule has 0 atom stereocenters. The number of ether oxygens (including phenoxy) is 1. The van der Waals surface area contributed by atoms with E-state index in [1.165, 1.54) is 4.90 Å². The molecule has 0 saturated heterocycles. The SMILES string of the molecule is CCN(CC)C(=O)C(=O)COC(=O)CCCN.O=C(O)C(F)(F)F. The van der Waals surface area contributed by atoms with E-state index >= 15 is 0 Å². The summed E-state index contributed by atoms with van der Waals surface area (Å²) in [5.41, 5.74) is 5.22. The second-order valence-electron chi connectivity index (χ2n) is 4.26. The first kappa shape index (κ1) is 24.1. The molecular weight excluding hydrogens is 337 g/mol. The number of esters is 1. The zero-order chi connectivity index (χ0) is 19.3. The quantitative estimate of drug-likeness (QED) is 0.473. The van der Waals surface area contributed by atoms with E-state index in [2.05, 4.69) is 4.74 Å². The van der Waals surface area contributed by atoms with Gasteiger partial charge in [0, 0.05) is 19.5 Å². The van der Waals surface area contributed by atoms with Crippen LogP contribution in [-0.2, 0) is 23.9 Å². The van der Waals surface area contributed by atoms with Gasteiger partial charge in [-0.1, -0.05) is 0 Å². The monoisotopic (exact) mass is 358 g/mol. The van der Waals surface area contributed by atoms with E-state index in [9.17, 15) is 27.6 Å². The largest absolute Gasteiger partial charge is 0.490 e. The molecule has 0 aromatic rings. The molecule has 0 aliphatic heterocycles. The summed E-state index contributed by atoms with van der Waals surface area (Å²) in [6, 6.07) is 0. The van der Waals surface area contributed by atoms with Gasteiger partial charge < -0.3 is 20.5 Å². The van der Waals surface area contributed by atoms with E-state index in [0.29, 0.717) is 26.1 Å². The zero-order valence-electron chi connectivity index (χ0n) is 13.4. The van der Waals surface area contributed by atoms with E-state index in [1.54, 1.807) is 13.8 Å². The lowest BCUT2D eigenvalue weighted by Crippen LogP contribution is -2.38. The first-order chi connectivity index (χ1) is 11.0. The smallest absolute Gasteiger partial charge is 0.475 e. The average Bonchev–Trinajstić information content (AvgIpc) is 2.51. The Labute approximate surface area is 136 Å². The van der Waals surface area contributed by atoms with Gasteiger partial charge in [-0.25, -0.2) is 4.79 Å². The zero-order valence-corrected chi connectivity index (χ0v) is 13.4. The van der Waals surface area contributed by atoms with Crippen LogP contribution >= 0.6 is 0 Å². The molecule has 0 unspecified atom stereocenters. The third kappa shape index (κ3) is 11.4. The predicted octanol–water partition coefficient (Wildman–Crippen LogP) is 0.339. The molecule has 0 aromatic carbocycles. The summed E-state index contributed by atoms with van der Waals surface area (Å²) in [6.45, 7) is 4.38. The van der Waals surface area contributed by atoms with Gasteiger partial charge in [0.1, 0.15) is 0 Å². The van der Waals surface area contributed by atoms with Gasteiger partial charge in [0.05, 0.1) is 0 Å². The van der Waals surface area contributed by atoms with Crippen LogP contribution in [0.5, 0.6) is 0 Å². The number of hydrogen-bond donors (Lipinski definition) is 2. The highest BCUT2D eigenvalue weighted by molar-refractivity contribution is 6.36. The first-order valence-corrected chi connectivity index (χ1v) is 6.99. The van der Waals surface area contributed by atoms with Crippen molar-refractivity contribution in [1.29, 1.82) is 0 Å². The highest BCUT2D eigenvalue weighted by Gasteiger charge is 2.38. The maximum absolute atomic E-state index is 11.5. The van der Waals surface area contributed by atoms with Crippen LogP contribution in [0.15, 0.2) is 0 Å². The standard InChI is InChI=1S/C11H20N2O4.C2HF3O2/c1-3-13(4-2)11(16)9(14)8-17-10(15)6-5-7-12;3-2(4,5)1(6)7/h3-8,12H2,1-2H3;(H,6,7). The van der Waals surface area contributed by atoms with E-state index < -0.39 is 36.4 Å². The van der Waals surface area contributed by atoms with E-state index in [0.717, 1.165) is 0 Å². The maximum Gasteiger partial charge on any atom is 0.490 e. The lowest BCUT2D eigenvalue weighted by Gasteiger charge is -2.17. The van der Waals surface area contributed by atoms with E-state index in [1.807, 2.05) is 0 Å². The molecule has 8 nitrogen and oxygen atoms in total. The van der Waals surface area contributed by atoms with Gasteiger partial charge in [-0.15, -0.1) is 0 Å². The first-order valence-electron chi connectivity index (χ1n) is 6.99. The molecule has 0 bridgehead atoms. The summed E-state index contributed by atoms with van der Waals surface area (Å²) in [5.74, 6) is -4.57. The molecule has 11 heteroatoms. The van der Waals surface area contributed by atoms with Crippen LogP contribution in [0.25, 0.3) is 0 Å². The number of carbonyl (C=O) groups is 4. The minimum absolute atomic E-state index is 0.170. The number of halogens is 3. The topological polar surface area (TPSA) is 127 Å². The number of Topliss-reactive ketones (excluding diaryl/α,β-unsaturated/α-hetero) is 1. The van der Waals surface area contributed by atoms with Crippen LogP contribution in [0.4, 0.5) is 13.2 Å². The number of hydrogen-bond acceptors (Lipinski definition) is 6. The van der Waals surface area contributed by atoms with Crippen molar-refractivity contribution in [1.82, 2.24) is 4.90 Å². The van der Waals surface area contributed by atoms with Gasteiger partial charge in [-0.3, -0.25) is 14.4 Å². The Morgan fingerprint density at radius 3 is 1.92 bits per heavy atom. The summed E-state index contributed by atoms with van der Waals surface area (Å²) < 4.78 is 36.4. The maximum atomic E-state index is 11.5. The van der Waals surface area contributed by atoms with Gasteiger partial charge in [-0.05, 0) is 26.8 Å². The van der Waals surface area contributed by atoms with Gasteiger partial charge in [0.2, 0.25) is 0 Å². The third-order valence-electron chi connectivity index (χ3n) is 2.48. The number of carboxylic acid groups (broad SMARTS) is 1. The Balaban J connectivity index is 0. The molecule has 0 spiro atoms. The van der Waals surface area contributed by atoms with Crippen molar-refractivity contribution in [2.24, 2.45) is 5.73 Å². The summed E-state index contributed by atoms with van der Waals surface area (Å²) in [7, 11) is 0. The lowest BCUT2D eigenvalue weighted by atomic mass is 10.3. The van der Waals surface area contributed by atoms with Crippen LogP contribution in [0.3, 0.4) is 0 Å². The Bertz CT molecular complexity index is 436. The number of carboxylic acids is 1. The van der Waals surface area contributed by atoms with Crippen LogP contribution in [0.2, 0.25) is 0 Å². The lowest BCUT2D eigenvalue weighted by molar-refractivity contribution is -0.192. The van der Waals surface area contributed by atoms with Crippen molar-refractivity contribution in [3.63, 3.8) is 0 Å². The van der Waals surface area contributed by atoms with Crippen LogP contribution in [0, 0.1) is 0 Å². The molecule has 0 saturated carbocycles. The average molecular weight is 358 g/mol. The second kappa shape index (κ2) is 12.3. The number of nitrogens with zero attached hydrogens (tertiary/aromatic N) is 1. The highest BCUT2D eigenvalue weighted by atomic mass is 19.4. The third-order valence-corrected chi connectivity index (χ3v) is 2.48. The minimum Gasteiger partial charge on any atom is -0.475 e. The number of aliphatic carboxylic acids is 1. The molecule has 0 aliphatic rings. The molecule has 0 heterocycles. The fourth-order valence-corrected chi connectivity index (χ4v) is 1.21. The van der Waals surface area contributed by atoms with Crippen LogP contribution < -0.4 is 5.73 Å². The van der Waals surface area contributed by atoms with Gasteiger partial charge in [0.15, 0.2) is 6.61 Å². The molecule has 0 radical (unpaired) electrons. The summed E-state index contributed by atoms with van der Waals surface area (Å²) >= 11 is 0. The Kier molecular flexibility index (Phi) is 12.3. The Morgan fingerprint density at radius 1 is 1.12 bits per heavy atom. The van der Waals surface area contributed by atoms with Gasteiger partial charge >= 0.3 is 18.1 Å². The van der Waals surface area contributed by atoms with Crippen LogP contribution in [-0.4, -0.2) is 66.1 Å². The highest BCUT2D eigenvalue weighted by Crippen LogP contribution is 2.13. The van der Waals surface area contributed by atoms with Gasteiger partial charge in [-0.2, -0.15) is 13.2 Å². The fourth-order valence-electron chi connectivity index (χ4n) is 1.21. The summed E-state index contributed by atoms with van der Waals surface area (Å²) in [5, 5.41) is 7.12. The number of rotatable bonds is 8. The molecule has 140 valence electrons. The van der Waals surface area contributed by atoms with E-state index in [4.69, 9.17) is 15.6 Å². The molecule has 0 rings (SSSR count). The Hall–Kier alpha value is -2.17. The second-order valence-corrected chi connectivity index (χ2v) is 4.26. The fraction of sp³-hybridized carbons (Fsp3) is 0.692. The molecular formula is C13H21F3N2O6. The molecule has 3 N–H and O–H groups in total. The van der Waals surface area contributed by atoms with E-state index in [-0.39, 0.29) is 6.42 Å². The number of ketones is 1. The summed E-state index contributed by atoms with van der Waals surface area (Å²) in [6.07, 6.45) is -4.40. The van der Waals surface area contributed by atoms with Crippen molar-refractivity contribution >= 4 is 23.6 Å². The number of amides is 1.